The van der Waals surface area contributed by atoms with Gasteiger partial charge >= 0.3 is 0 Å². The van der Waals surface area contributed by atoms with Crippen molar-refractivity contribution in [3.8, 4) is 11.3 Å². The van der Waals surface area contributed by atoms with Gasteiger partial charge in [-0.05, 0) is 46.9 Å². The molecule has 0 aliphatic rings. The van der Waals surface area contributed by atoms with Crippen LogP contribution in [0.4, 0.5) is 5.69 Å². The lowest BCUT2D eigenvalue weighted by atomic mass is 10.2. The molecule has 24 heavy (non-hydrogen) atoms. The molecule has 3 nitrogen and oxygen atoms in total. The van der Waals surface area contributed by atoms with Gasteiger partial charge in [-0.3, -0.25) is 4.79 Å². The number of anilines is 1. The van der Waals surface area contributed by atoms with Gasteiger partial charge in [0, 0.05) is 19.5 Å². The molecule has 1 N–H and O–H groups in total. The van der Waals surface area contributed by atoms with Gasteiger partial charge in [0.05, 0.1) is 17.1 Å². The molecular weight excluding hydrogens is 475 g/mol. The number of amides is 1. The molecule has 1 aromatic heterocycles. The molecule has 0 atom stereocenters. The highest BCUT2D eigenvalue weighted by Gasteiger charge is 2.09. The number of hydrogen-bond donors (Lipinski definition) is 1. The van der Waals surface area contributed by atoms with Crippen molar-refractivity contribution < 1.29 is 4.79 Å². The summed E-state index contributed by atoms with van der Waals surface area (Å²) in [7, 11) is 0. The molecule has 1 heterocycles. The summed E-state index contributed by atoms with van der Waals surface area (Å²) in [6.07, 6.45) is 0. The number of thioether (sulfide) groups is 1. The van der Waals surface area contributed by atoms with Crippen LogP contribution in [0.3, 0.4) is 0 Å². The van der Waals surface area contributed by atoms with Gasteiger partial charge < -0.3 is 5.32 Å². The van der Waals surface area contributed by atoms with E-state index in [1.807, 2.05) is 53.9 Å². The van der Waals surface area contributed by atoms with E-state index >= 15 is 0 Å². The van der Waals surface area contributed by atoms with E-state index in [-0.39, 0.29) is 5.91 Å². The molecule has 0 spiro atoms. The average molecular weight is 487 g/mol. The second kappa shape index (κ2) is 8.33. The highest BCUT2D eigenvalue weighted by Crippen LogP contribution is 2.29. The Morgan fingerprint density at radius 1 is 1.21 bits per heavy atom. The number of thiazole rings is 1. The second-order valence-electron chi connectivity index (χ2n) is 4.82. The second-order valence-corrected chi connectivity index (χ2v) is 8.50. The lowest BCUT2D eigenvalue weighted by Crippen LogP contribution is -2.14. The first-order valence-electron chi connectivity index (χ1n) is 7.00. The molecule has 7 heteroatoms. The van der Waals surface area contributed by atoms with E-state index in [4.69, 9.17) is 11.6 Å². The minimum Gasteiger partial charge on any atom is -0.324 e. The number of nitrogens with zero attached hydrogens (tertiary/aromatic N) is 1. The number of rotatable bonds is 5. The Bertz CT molecular complexity index is 852. The van der Waals surface area contributed by atoms with Crippen LogP contribution in [0.25, 0.3) is 11.3 Å². The van der Waals surface area contributed by atoms with Gasteiger partial charge in [-0.15, -0.1) is 11.3 Å². The van der Waals surface area contributed by atoms with Crippen molar-refractivity contribution in [1.82, 2.24) is 4.98 Å². The predicted octanol–water partition coefficient (Wildman–Crippen LogP) is 5.80. The largest absolute Gasteiger partial charge is 0.324 e. The standard InChI is InChI=1S/C17H12ClIN2OS2/c18-12-7-5-11(6-8-12)15-9-23-17(21-15)24-10-16(22)20-14-4-2-1-3-13(14)19/h1-9H,10H2,(H,20,22). The van der Waals surface area contributed by atoms with E-state index in [1.54, 1.807) is 0 Å². The summed E-state index contributed by atoms with van der Waals surface area (Å²) in [5.41, 5.74) is 2.76. The number of carbonyl (C=O) groups is 1. The van der Waals surface area contributed by atoms with E-state index in [0.29, 0.717) is 10.8 Å². The van der Waals surface area contributed by atoms with Crippen molar-refractivity contribution in [3.05, 3.63) is 62.5 Å². The molecule has 0 radical (unpaired) electrons. The number of aromatic nitrogens is 1. The number of hydrogen-bond acceptors (Lipinski definition) is 4. The van der Waals surface area contributed by atoms with E-state index in [9.17, 15) is 4.79 Å². The van der Waals surface area contributed by atoms with Crippen LogP contribution < -0.4 is 5.32 Å². The Labute approximate surface area is 167 Å². The minimum atomic E-state index is -0.0349. The van der Waals surface area contributed by atoms with E-state index < -0.39 is 0 Å². The molecule has 3 aromatic rings. The summed E-state index contributed by atoms with van der Waals surface area (Å²) in [4.78, 5) is 16.6. The van der Waals surface area contributed by atoms with Crippen LogP contribution in [-0.2, 0) is 4.79 Å². The first kappa shape index (κ1) is 17.7. The summed E-state index contributed by atoms with van der Waals surface area (Å²) in [5, 5.41) is 5.61. The van der Waals surface area contributed by atoms with Crippen molar-refractivity contribution >= 4 is 68.9 Å². The minimum absolute atomic E-state index is 0.0349. The number of halogens is 2. The molecular formula is C17H12ClIN2OS2. The smallest absolute Gasteiger partial charge is 0.234 e. The van der Waals surface area contributed by atoms with Gasteiger partial charge in [-0.1, -0.05) is 47.6 Å². The Morgan fingerprint density at radius 2 is 1.96 bits per heavy atom. The van der Waals surface area contributed by atoms with Crippen molar-refractivity contribution in [3.63, 3.8) is 0 Å². The zero-order chi connectivity index (χ0) is 16.9. The fourth-order valence-corrected chi connectivity index (χ4v) is 4.24. The molecule has 122 valence electrons. The molecule has 0 fully saturated rings. The van der Waals surface area contributed by atoms with Crippen LogP contribution in [-0.4, -0.2) is 16.6 Å². The van der Waals surface area contributed by atoms with Crippen molar-refractivity contribution in [1.29, 1.82) is 0 Å². The normalized spacial score (nSPS) is 10.6. The Morgan fingerprint density at radius 3 is 2.71 bits per heavy atom. The van der Waals surface area contributed by atoms with Gasteiger partial charge in [-0.25, -0.2) is 4.98 Å². The van der Waals surface area contributed by atoms with Crippen molar-refractivity contribution in [2.45, 2.75) is 4.34 Å². The van der Waals surface area contributed by atoms with E-state index in [0.717, 1.165) is 24.9 Å². The Hall–Kier alpha value is -1.09. The summed E-state index contributed by atoms with van der Waals surface area (Å²) in [6, 6.07) is 15.3. The third kappa shape index (κ3) is 4.72. The van der Waals surface area contributed by atoms with Gasteiger partial charge in [0.1, 0.15) is 0 Å². The van der Waals surface area contributed by atoms with Gasteiger partial charge in [-0.2, -0.15) is 0 Å². The van der Waals surface area contributed by atoms with Crippen molar-refractivity contribution in [2.75, 3.05) is 11.1 Å². The average Bonchev–Trinajstić information content (AvgIpc) is 3.05. The highest BCUT2D eigenvalue weighted by molar-refractivity contribution is 14.1. The van der Waals surface area contributed by atoms with Crippen LogP contribution >= 0.6 is 57.3 Å². The fourth-order valence-electron chi connectivity index (χ4n) is 1.95. The van der Waals surface area contributed by atoms with Gasteiger partial charge in [0.2, 0.25) is 5.91 Å². The van der Waals surface area contributed by atoms with Crippen LogP contribution in [0.1, 0.15) is 0 Å². The zero-order valence-corrected chi connectivity index (χ0v) is 16.9. The lowest BCUT2D eigenvalue weighted by Gasteiger charge is -2.06. The van der Waals surface area contributed by atoms with Crippen molar-refractivity contribution in [2.24, 2.45) is 0 Å². The van der Waals surface area contributed by atoms with Crippen LogP contribution in [0.5, 0.6) is 0 Å². The van der Waals surface area contributed by atoms with Crippen LogP contribution in [0.2, 0.25) is 5.02 Å². The summed E-state index contributed by atoms with van der Waals surface area (Å²) < 4.78 is 1.89. The monoisotopic (exact) mass is 486 g/mol. The van der Waals surface area contributed by atoms with Gasteiger partial charge in [0.15, 0.2) is 4.34 Å². The van der Waals surface area contributed by atoms with Crippen LogP contribution in [0.15, 0.2) is 58.3 Å². The third-order valence-electron chi connectivity index (χ3n) is 3.10. The van der Waals surface area contributed by atoms with E-state index in [1.165, 1.54) is 23.1 Å². The molecule has 0 saturated heterocycles. The Kier molecular flexibility index (Phi) is 6.15. The number of nitrogens with one attached hydrogen (secondary N) is 1. The molecule has 0 aliphatic carbocycles. The Balaban J connectivity index is 1.58. The zero-order valence-electron chi connectivity index (χ0n) is 12.3. The number of carbonyl (C=O) groups excluding carboxylic acids is 1. The first-order valence-corrected chi connectivity index (χ1v) is 10.3. The fraction of sp³-hybridized carbons (Fsp3) is 0.0588. The summed E-state index contributed by atoms with van der Waals surface area (Å²) in [5.74, 6) is 0.297. The molecule has 0 saturated carbocycles. The number of para-hydroxylation sites is 1. The maximum absolute atomic E-state index is 12.1. The first-order chi connectivity index (χ1) is 11.6. The maximum Gasteiger partial charge on any atom is 0.234 e. The van der Waals surface area contributed by atoms with Gasteiger partial charge in [0.25, 0.3) is 0 Å². The molecule has 0 unspecified atom stereocenters. The molecule has 0 bridgehead atoms. The molecule has 0 aliphatic heterocycles. The summed E-state index contributed by atoms with van der Waals surface area (Å²) in [6.45, 7) is 0. The van der Waals surface area contributed by atoms with Crippen LogP contribution in [0, 0.1) is 3.57 Å². The topological polar surface area (TPSA) is 42.0 Å². The number of benzene rings is 2. The molecule has 2 aromatic carbocycles. The molecule has 3 rings (SSSR count). The predicted molar refractivity (Wildman–Crippen MR) is 111 cm³/mol. The maximum atomic E-state index is 12.1. The highest BCUT2D eigenvalue weighted by atomic mass is 127. The third-order valence-corrected chi connectivity index (χ3v) is 6.31. The van der Waals surface area contributed by atoms with E-state index in [2.05, 4.69) is 32.9 Å². The SMILES string of the molecule is O=C(CSc1nc(-c2ccc(Cl)cc2)cs1)Nc1ccccc1I. The summed E-state index contributed by atoms with van der Waals surface area (Å²) >= 11 is 11.1. The quantitative estimate of drug-likeness (QED) is 0.366. The lowest BCUT2D eigenvalue weighted by molar-refractivity contribution is -0.113. The molecule has 1 amide bonds.